The molecule has 0 atom stereocenters. The van der Waals surface area contributed by atoms with Crippen LogP contribution < -0.4 is 0 Å². The van der Waals surface area contributed by atoms with Gasteiger partial charge in [0.05, 0.1) is 5.69 Å². The predicted octanol–water partition coefficient (Wildman–Crippen LogP) is 3.77. The Bertz CT molecular complexity index is 715. The van der Waals surface area contributed by atoms with Gasteiger partial charge in [-0.1, -0.05) is 41.9 Å². The number of benzene rings is 1. The van der Waals surface area contributed by atoms with E-state index in [2.05, 4.69) is 4.98 Å². The number of rotatable bonds is 3. The number of halogens is 1. The number of likely N-dealkylation sites (tertiary alicyclic amines) is 1. The minimum absolute atomic E-state index is 0.0447. The fourth-order valence-electron chi connectivity index (χ4n) is 2.87. The van der Waals surface area contributed by atoms with E-state index < -0.39 is 0 Å². The summed E-state index contributed by atoms with van der Waals surface area (Å²) in [5.74, 6) is 0.837. The molecule has 0 spiro atoms. The fraction of sp³-hybridized carbons (Fsp3) is 0.333. The van der Waals surface area contributed by atoms with Crippen LogP contribution in [0.2, 0.25) is 5.15 Å². The average molecular weight is 330 g/mol. The summed E-state index contributed by atoms with van der Waals surface area (Å²) >= 11 is 6.26. The van der Waals surface area contributed by atoms with Gasteiger partial charge in [-0.25, -0.2) is 4.98 Å². The van der Waals surface area contributed by atoms with Gasteiger partial charge in [0, 0.05) is 31.8 Å². The summed E-state index contributed by atoms with van der Waals surface area (Å²) in [5, 5.41) is 0.411. The van der Waals surface area contributed by atoms with Crippen LogP contribution in [0.4, 0.5) is 0 Å². The van der Waals surface area contributed by atoms with Crippen LogP contribution in [0.5, 0.6) is 0 Å². The first-order valence-corrected chi connectivity index (χ1v) is 8.29. The Balaban J connectivity index is 1.82. The summed E-state index contributed by atoms with van der Waals surface area (Å²) in [5.41, 5.74) is 1.75. The summed E-state index contributed by atoms with van der Waals surface area (Å²) in [7, 11) is 1.91. The van der Waals surface area contributed by atoms with Gasteiger partial charge < -0.3 is 9.47 Å². The number of carbonyl (C=O) groups is 1. The molecule has 1 aromatic carbocycles. The van der Waals surface area contributed by atoms with Crippen molar-refractivity contribution in [3.63, 3.8) is 0 Å². The number of amides is 1. The second-order valence-corrected chi connectivity index (χ2v) is 6.11. The van der Waals surface area contributed by atoms with Crippen molar-refractivity contribution in [1.82, 2.24) is 14.5 Å². The summed E-state index contributed by atoms with van der Waals surface area (Å²) < 4.78 is 1.91. The van der Waals surface area contributed by atoms with Gasteiger partial charge >= 0.3 is 0 Å². The van der Waals surface area contributed by atoms with Crippen LogP contribution in [0.1, 0.15) is 25.0 Å². The Hall–Kier alpha value is -2.07. The molecule has 0 aliphatic carbocycles. The fourth-order valence-corrected chi connectivity index (χ4v) is 3.14. The summed E-state index contributed by atoms with van der Waals surface area (Å²) in [6.45, 7) is 1.69. The van der Waals surface area contributed by atoms with Crippen LogP contribution >= 0.6 is 11.6 Å². The number of piperidine rings is 1. The highest BCUT2D eigenvalue weighted by Crippen LogP contribution is 2.25. The zero-order chi connectivity index (χ0) is 16.2. The molecule has 4 nitrogen and oxygen atoms in total. The van der Waals surface area contributed by atoms with Gasteiger partial charge in [0.2, 0.25) is 5.91 Å². The first-order chi connectivity index (χ1) is 11.2. The van der Waals surface area contributed by atoms with Gasteiger partial charge in [-0.3, -0.25) is 4.79 Å². The molecule has 2 heterocycles. The van der Waals surface area contributed by atoms with E-state index in [-0.39, 0.29) is 5.91 Å². The number of nitrogens with zero attached hydrogens (tertiary/aromatic N) is 3. The maximum atomic E-state index is 12.2. The molecule has 0 bridgehead atoms. The van der Waals surface area contributed by atoms with Gasteiger partial charge in [0.15, 0.2) is 5.15 Å². The van der Waals surface area contributed by atoms with Crippen molar-refractivity contribution in [2.24, 2.45) is 7.05 Å². The first kappa shape index (κ1) is 15.8. The summed E-state index contributed by atoms with van der Waals surface area (Å²) in [4.78, 5) is 18.6. The lowest BCUT2D eigenvalue weighted by Crippen LogP contribution is -2.34. The number of imidazole rings is 1. The number of hydrogen-bond acceptors (Lipinski definition) is 2. The third-order valence-electron chi connectivity index (χ3n) is 4.18. The van der Waals surface area contributed by atoms with E-state index in [1.807, 2.05) is 46.8 Å². The summed E-state index contributed by atoms with van der Waals surface area (Å²) in [6, 6.07) is 9.88. The second kappa shape index (κ2) is 7.01. The van der Waals surface area contributed by atoms with Crippen LogP contribution in [0.15, 0.2) is 36.4 Å². The molecule has 0 N–H and O–H groups in total. The van der Waals surface area contributed by atoms with Crippen LogP contribution in [0, 0.1) is 0 Å². The van der Waals surface area contributed by atoms with Crippen molar-refractivity contribution in [1.29, 1.82) is 0 Å². The van der Waals surface area contributed by atoms with Crippen molar-refractivity contribution >= 4 is 23.6 Å². The normalized spacial score (nSPS) is 15.3. The Morgan fingerprint density at radius 3 is 2.57 bits per heavy atom. The molecule has 5 heteroatoms. The maximum Gasteiger partial charge on any atom is 0.246 e. The third kappa shape index (κ3) is 3.48. The minimum Gasteiger partial charge on any atom is -0.339 e. The highest BCUT2D eigenvalue weighted by Gasteiger charge is 2.16. The maximum absolute atomic E-state index is 12.2. The number of hydrogen-bond donors (Lipinski definition) is 0. The monoisotopic (exact) mass is 329 g/mol. The predicted molar refractivity (Wildman–Crippen MR) is 93.1 cm³/mol. The van der Waals surface area contributed by atoms with Gasteiger partial charge in [0.25, 0.3) is 0 Å². The molecule has 1 aliphatic rings. The molecule has 0 unspecified atom stereocenters. The van der Waals surface area contributed by atoms with E-state index in [1.165, 1.54) is 6.42 Å². The van der Waals surface area contributed by atoms with E-state index >= 15 is 0 Å². The Kier molecular flexibility index (Phi) is 4.82. The van der Waals surface area contributed by atoms with Crippen LogP contribution in [0.3, 0.4) is 0 Å². The molecule has 0 radical (unpaired) electrons. The Labute approximate surface area is 141 Å². The van der Waals surface area contributed by atoms with Gasteiger partial charge in [-0.2, -0.15) is 0 Å². The molecule has 1 amide bonds. The van der Waals surface area contributed by atoms with Crippen molar-refractivity contribution in [2.75, 3.05) is 13.1 Å². The molecule has 3 rings (SSSR count). The summed E-state index contributed by atoms with van der Waals surface area (Å²) in [6.07, 6.45) is 6.75. The van der Waals surface area contributed by atoms with Gasteiger partial charge in [-0.05, 0) is 25.3 Å². The van der Waals surface area contributed by atoms with Crippen molar-refractivity contribution < 1.29 is 4.79 Å². The molecular formula is C18H20ClN3O. The molecule has 1 saturated heterocycles. The lowest BCUT2D eigenvalue weighted by Gasteiger charge is -2.25. The third-order valence-corrected chi connectivity index (χ3v) is 4.46. The van der Waals surface area contributed by atoms with Crippen molar-refractivity contribution in [3.05, 3.63) is 47.3 Å². The van der Waals surface area contributed by atoms with E-state index in [0.717, 1.165) is 43.0 Å². The smallest absolute Gasteiger partial charge is 0.246 e. The Morgan fingerprint density at radius 2 is 1.87 bits per heavy atom. The highest BCUT2D eigenvalue weighted by atomic mass is 35.5. The molecule has 0 saturated carbocycles. The molecule has 1 aliphatic heterocycles. The second-order valence-electron chi connectivity index (χ2n) is 5.76. The average Bonchev–Trinajstić information content (AvgIpc) is 2.88. The van der Waals surface area contributed by atoms with Gasteiger partial charge in [-0.15, -0.1) is 0 Å². The lowest BCUT2D eigenvalue weighted by atomic mass is 10.1. The van der Waals surface area contributed by atoms with Crippen molar-refractivity contribution in [2.45, 2.75) is 19.3 Å². The van der Waals surface area contributed by atoms with E-state index in [9.17, 15) is 4.79 Å². The highest BCUT2D eigenvalue weighted by molar-refractivity contribution is 6.31. The van der Waals surface area contributed by atoms with Crippen LogP contribution in [-0.2, 0) is 11.8 Å². The standard InChI is InChI=1S/C18H20ClN3O/c1-21-15(10-11-16(23)22-12-6-3-7-13-22)17(19)20-18(21)14-8-4-2-5-9-14/h2,4-5,8-11H,3,6-7,12-13H2,1H3. The molecule has 1 fully saturated rings. The zero-order valence-electron chi connectivity index (χ0n) is 13.2. The van der Waals surface area contributed by atoms with Crippen LogP contribution in [-0.4, -0.2) is 33.4 Å². The topological polar surface area (TPSA) is 38.1 Å². The first-order valence-electron chi connectivity index (χ1n) is 7.91. The Morgan fingerprint density at radius 1 is 1.17 bits per heavy atom. The van der Waals surface area contributed by atoms with E-state index in [4.69, 9.17) is 11.6 Å². The zero-order valence-corrected chi connectivity index (χ0v) is 14.0. The lowest BCUT2D eigenvalue weighted by molar-refractivity contribution is -0.126. The van der Waals surface area contributed by atoms with Gasteiger partial charge in [0.1, 0.15) is 5.82 Å². The number of aromatic nitrogens is 2. The molecule has 1 aromatic heterocycles. The molecule has 23 heavy (non-hydrogen) atoms. The quantitative estimate of drug-likeness (QED) is 0.804. The van der Waals surface area contributed by atoms with Crippen LogP contribution in [0.25, 0.3) is 17.5 Å². The number of carbonyl (C=O) groups excluding carboxylic acids is 1. The molecular weight excluding hydrogens is 310 g/mol. The van der Waals surface area contributed by atoms with E-state index in [0.29, 0.717) is 5.15 Å². The largest absolute Gasteiger partial charge is 0.339 e. The SMILES string of the molecule is Cn1c(-c2ccccc2)nc(Cl)c1C=CC(=O)N1CCCCC1. The minimum atomic E-state index is 0.0447. The van der Waals surface area contributed by atoms with E-state index in [1.54, 1.807) is 12.2 Å². The molecule has 2 aromatic rings. The molecule has 120 valence electrons. The van der Waals surface area contributed by atoms with Crippen molar-refractivity contribution in [3.8, 4) is 11.4 Å².